The molecule has 120 valence electrons. The van der Waals surface area contributed by atoms with Gasteiger partial charge in [0.05, 0.1) is 0 Å². The molecule has 0 saturated carbocycles. The molecule has 0 aliphatic carbocycles. The van der Waals surface area contributed by atoms with Crippen LogP contribution in [0.25, 0.3) is 0 Å². The molecular formula is C16H28N2O3. The molecule has 0 aliphatic rings. The fraction of sp³-hybridized carbons (Fsp3) is 0.500. The van der Waals surface area contributed by atoms with Gasteiger partial charge in [-0.05, 0) is 25.0 Å². The van der Waals surface area contributed by atoms with Gasteiger partial charge in [0.15, 0.2) is 0 Å². The van der Waals surface area contributed by atoms with E-state index in [1.807, 2.05) is 37.4 Å². The fourth-order valence-electron chi connectivity index (χ4n) is 1.41. The topological polar surface area (TPSA) is 78.4 Å². The number of hydrogen-bond acceptors (Lipinski definition) is 5. The van der Waals surface area contributed by atoms with Gasteiger partial charge in [-0.15, -0.1) is 0 Å². The SMILES string of the molecule is CNO.CNc1ccccc1.O=CCCCCCCC=O. The minimum absolute atomic E-state index is 0.668. The maximum absolute atomic E-state index is 9.84. The highest BCUT2D eigenvalue weighted by Gasteiger charge is 1.87. The molecule has 3 N–H and O–H groups in total. The lowest BCUT2D eigenvalue weighted by Gasteiger charge is -1.94. The Kier molecular flexibility index (Phi) is 21.2. The van der Waals surface area contributed by atoms with Crippen LogP contribution in [0.15, 0.2) is 30.3 Å². The Bertz CT molecular complexity index is 307. The fourth-order valence-corrected chi connectivity index (χ4v) is 1.41. The van der Waals surface area contributed by atoms with Gasteiger partial charge in [0, 0.05) is 32.6 Å². The molecule has 1 rings (SSSR count). The zero-order valence-corrected chi connectivity index (χ0v) is 13.0. The van der Waals surface area contributed by atoms with Crippen LogP contribution < -0.4 is 10.8 Å². The molecule has 1 aromatic rings. The van der Waals surface area contributed by atoms with Crippen molar-refractivity contribution in [1.29, 1.82) is 0 Å². The maximum atomic E-state index is 9.84. The Labute approximate surface area is 127 Å². The van der Waals surface area contributed by atoms with E-state index < -0.39 is 0 Å². The van der Waals surface area contributed by atoms with Crippen molar-refractivity contribution in [3.63, 3.8) is 0 Å². The molecule has 5 heteroatoms. The lowest BCUT2D eigenvalue weighted by atomic mass is 10.1. The monoisotopic (exact) mass is 296 g/mol. The zero-order chi connectivity index (χ0) is 16.2. The molecule has 0 radical (unpaired) electrons. The van der Waals surface area contributed by atoms with Crippen LogP contribution in [-0.2, 0) is 9.59 Å². The third-order valence-corrected chi connectivity index (χ3v) is 2.46. The number of benzene rings is 1. The van der Waals surface area contributed by atoms with E-state index in [9.17, 15) is 9.59 Å². The summed E-state index contributed by atoms with van der Waals surface area (Å²) in [5, 5.41) is 10.3. The Hall–Kier alpha value is -1.72. The number of unbranched alkanes of at least 4 members (excludes halogenated alkanes) is 5. The van der Waals surface area contributed by atoms with Gasteiger partial charge in [0.25, 0.3) is 0 Å². The third kappa shape index (κ3) is 20.8. The van der Waals surface area contributed by atoms with E-state index in [2.05, 4.69) is 5.32 Å². The second-order valence-electron chi connectivity index (χ2n) is 4.16. The summed E-state index contributed by atoms with van der Waals surface area (Å²) in [6, 6.07) is 10.1. The standard InChI is InChI=1S/C8H14O2.C7H9N.CH5NO/c9-7-5-3-1-2-4-6-8-10;1-8-7-5-3-2-4-6-7;1-2-3/h7-8H,1-6H2;2-6,8H,1H3;2-3H,1H3. The number of nitrogens with one attached hydrogen (secondary N) is 2. The second-order valence-corrected chi connectivity index (χ2v) is 4.16. The van der Waals surface area contributed by atoms with Gasteiger partial charge in [0.2, 0.25) is 0 Å². The molecule has 0 saturated heterocycles. The summed E-state index contributed by atoms with van der Waals surface area (Å²) >= 11 is 0. The quantitative estimate of drug-likeness (QED) is 0.390. The molecular weight excluding hydrogens is 268 g/mol. The lowest BCUT2D eigenvalue weighted by molar-refractivity contribution is -0.108. The van der Waals surface area contributed by atoms with Crippen molar-refractivity contribution in [2.24, 2.45) is 0 Å². The molecule has 0 bridgehead atoms. The van der Waals surface area contributed by atoms with Crippen molar-refractivity contribution in [3.05, 3.63) is 30.3 Å². The van der Waals surface area contributed by atoms with Crippen molar-refractivity contribution in [2.75, 3.05) is 19.4 Å². The highest BCUT2D eigenvalue weighted by atomic mass is 16.5. The summed E-state index contributed by atoms with van der Waals surface area (Å²) in [6.07, 6.45) is 7.32. The molecule has 5 nitrogen and oxygen atoms in total. The van der Waals surface area contributed by atoms with Gasteiger partial charge in [0.1, 0.15) is 12.6 Å². The number of hydroxylamine groups is 1. The van der Waals surface area contributed by atoms with E-state index in [1.54, 1.807) is 5.48 Å². The molecule has 0 unspecified atom stereocenters. The molecule has 0 atom stereocenters. The number of carbonyl (C=O) groups excluding carboxylic acids is 2. The molecule has 1 aromatic carbocycles. The molecule has 0 amide bonds. The van der Waals surface area contributed by atoms with Crippen LogP contribution in [0.1, 0.15) is 38.5 Å². The average molecular weight is 296 g/mol. The second kappa shape index (κ2) is 20.6. The number of aldehydes is 2. The predicted molar refractivity (Wildman–Crippen MR) is 86.7 cm³/mol. The van der Waals surface area contributed by atoms with Crippen LogP contribution in [0.3, 0.4) is 0 Å². The van der Waals surface area contributed by atoms with Gasteiger partial charge in [-0.25, -0.2) is 5.48 Å². The molecule has 0 spiro atoms. The highest BCUT2D eigenvalue weighted by molar-refractivity contribution is 5.49. The largest absolute Gasteiger partial charge is 0.388 e. The third-order valence-electron chi connectivity index (χ3n) is 2.46. The van der Waals surface area contributed by atoms with Gasteiger partial charge in [-0.1, -0.05) is 31.0 Å². The highest BCUT2D eigenvalue weighted by Crippen LogP contribution is 2.02. The van der Waals surface area contributed by atoms with Gasteiger partial charge in [-0.3, -0.25) is 0 Å². The van der Waals surface area contributed by atoms with Crippen LogP contribution in [0.2, 0.25) is 0 Å². The Morgan fingerprint density at radius 2 is 1.33 bits per heavy atom. The van der Waals surface area contributed by atoms with Crippen molar-refractivity contribution in [1.82, 2.24) is 5.48 Å². The van der Waals surface area contributed by atoms with Gasteiger partial charge >= 0.3 is 0 Å². The summed E-state index contributed by atoms with van der Waals surface area (Å²) in [5.41, 5.74) is 2.91. The number of anilines is 1. The average Bonchev–Trinajstić information content (AvgIpc) is 2.53. The summed E-state index contributed by atoms with van der Waals surface area (Å²) in [6.45, 7) is 0. The number of rotatable bonds is 8. The summed E-state index contributed by atoms with van der Waals surface area (Å²) in [7, 11) is 3.34. The number of hydrogen-bond donors (Lipinski definition) is 3. The van der Waals surface area contributed by atoms with Crippen LogP contribution in [0.5, 0.6) is 0 Å². The minimum atomic E-state index is 0.668. The normalized spacial score (nSPS) is 8.52. The van der Waals surface area contributed by atoms with E-state index >= 15 is 0 Å². The Morgan fingerprint density at radius 3 is 1.62 bits per heavy atom. The molecule has 0 aromatic heterocycles. The zero-order valence-electron chi connectivity index (χ0n) is 13.0. The first-order valence-corrected chi connectivity index (χ1v) is 7.17. The van der Waals surface area contributed by atoms with E-state index in [4.69, 9.17) is 5.21 Å². The molecule has 0 aliphatic heterocycles. The number of para-hydroxylation sites is 1. The van der Waals surface area contributed by atoms with Crippen molar-refractivity contribution >= 4 is 18.3 Å². The van der Waals surface area contributed by atoms with Crippen LogP contribution in [-0.4, -0.2) is 31.9 Å². The lowest BCUT2D eigenvalue weighted by Crippen LogP contribution is -1.91. The van der Waals surface area contributed by atoms with E-state index in [-0.39, 0.29) is 0 Å². The van der Waals surface area contributed by atoms with Crippen LogP contribution in [0, 0.1) is 0 Å². The van der Waals surface area contributed by atoms with E-state index in [1.165, 1.54) is 7.05 Å². The van der Waals surface area contributed by atoms with Crippen LogP contribution >= 0.6 is 0 Å². The maximum Gasteiger partial charge on any atom is 0.119 e. The smallest absolute Gasteiger partial charge is 0.119 e. The first kappa shape index (κ1) is 21.6. The molecule has 0 heterocycles. The number of carbonyl (C=O) groups is 2. The van der Waals surface area contributed by atoms with Crippen molar-refractivity contribution < 1.29 is 14.8 Å². The summed E-state index contributed by atoms with van der Waals surface area (Å²) in [5.74, 6) is 0. The van der Waals surface area contributed by atoms with Crippen molar-refractivity contribution in [3.8, 4) is 0 Å². The first-order chi connectivity index (χ1) is 10.3. The summed E-state index contributed by atoms with van der Waals surface area (Å²) < 4.78 is 0. The van der Waals surface area contributed by atoms with E-state index in [0.29, 0.717) is 12.8 Å². The van der Waals surface area contributed by atoms with Gasteiger partial charge < -0.3 is 20.1 Å². The van der Waals surface area contributed by atoms with E-state index in [0.717, 1.165) is 43.9 Å². The minimum Gasteiger partial charge on any atom is -0.388 e. The molecule has 0 fully saturated rings. The van der Waals surface area contributed by atoms with Crippen LogP contribution in [0.4, 0.5) is 5.69 Å². The Balaban J connectivity index is 0. The van der Waals surface area contributed by atoms with Crippen molar-refractivity contribution in [2.45, 2.75) is 38.5 Å². The Morgan fingerprint density at radius 1 is 0.905 bits per heavy atom. The molecule has 21 heavy (non-hydrogen) atoms. The van der Waals surface area contributed by atoms with Gasteiger partial charge in [-0.2, -0.15) is 0 Å². The predicted octanol–water partition coefficient (Wildman–Crippen LogP) is 3.05. The summed E-state index contributed by atoms with van der Waals surface area (Å²) in [4.78, 5) is 19.7. The first-order valence-electron chi connectivity index (χ1n) is 7.17.